The number of rotatable bonds is 4. The highest BCUT2D eigenvalue weighted by Crippen LogP contribution is 2.27. The number of halogens is 1. The number of hydrogen-bond acceptors (Lipinski definition) is 3. The Bertz CT molecular complexity index is 433. The van der Waals surface area contributed by atoms with E-state index >= 15 is 0 Å². The molecule has 0 bridgehead atoms. The quantitative estimate of drug-likeness (QED) is 0.906. The first-order valence-corrected chi connectivity index (χ1v) is 6.92. The zero-order chi connectivity index (χ0) is 14.0. The number of nitrogens with zero attached hydrogens (tertiary/aromatic N) is 2. The zero-order valence-electron chi connectivity index (χ0n) is 12.1. The molecule has 1 aliphatic rings. The van der Waals surface area contributed by atoms with E-state index in [-0.39, 0.29) is 11.9 Å². The van der Waals surface area contributed by atoms with Crippen LogP contribution in [0.25, 0.3) is 0 Å². The molecule has 0 aromatic heterocycles. The van der Waals surface area contributed by atoms with Crippen LogP contribution in [-0.4, -0.2) is 38.6 Å². The lowest BCUT2D eigenvalue weighted by molar-refractivity contribution is 0.396. The average molecular weight is 265 g/mol. The Labute approximate surface area is 115 Å². The van der Waals surface area contributed by atoms with Crippen molar-refractivity contribution in [2.75, 3.05) is 38.6 Å². The topological polar surface area (TPSA) is 32.5 Å². The number of hydrogen-bond donors (Lipinski definition) is 1. The summed E-state index contributed by atoms with van der Waals surface area (Å²) in [5, 5.41) is 0. The molecule has 0 aliphatic carbocycles. The van der Waals surface area contributed by atoms with Crippen LogP contribution in [0.2, 0.25) is 0 Å². The molecule has 19 heavy (non-hydrogen) atoms. The van der Waals surface area contributed by atoms with Gasteiger partial charge in [0.2, 0.25) is 0 Å². The van der Waals surface area contributed by atoms with Gasteiger partial charge in [0.15, 0.2) is 0 Å². The maximum absolute atomic E-state index is 13.3. The first-order chi connectivity index (χ1) is 8.97. The molecule has 2 atom stereocenters. The minimum atomic E-state index is -0.218. The maximum atomic E-state index is 13.3. The number of anilines is 1. The van der Waals surface area contributed by atoms with Gasteiger partial charge < -0.3 is 15.5 Å². The monoisotopic (exact) mass is 265 g/mol. The Morgan fingerprint density at radius 2 is 2.26 bits per heavy atom. The highest BCUT2D eigenvalue weighted by atomic mass is 19.1. The molecule has 1 unspecified atom stereocenters. The van der Waals surface area contributed by atoms with Crippen LogP contribution in [0.3, 0.4) is 0 Å². The van der Waals surface area contributed by atoms with Gasteiger partial charge in [-0.25, -0.2) is 4.39 Å². The molecule has 2 rings (SSSR count). The molecule has 1 heterocycles. The van der Waals surface area contributed by atoms with E-state index in [9.17, 15) is 4.39 Å². The van der Waals surface area contributed by atoms with Crippen LogP contribution in [0.1, 0.15) is 24.9 Å². The van der Waals surface area contributed by atoms with Gasteiger partial charge in [0.1, 0.15) is 5.82 Å². The van der Waals surface area contributed by atoms with Gasteiger partial charge in [-0.1, -0.05) is 0 Å². The van der Waals surface area contributed by atoms with Crippen LogP contribution in [-0.2, 0) is 0 Å². The molecule has 1 saturated heterocycles. The molecule has 4 heteroatoms. The Morgan fingerprint density at radius 3 is 2.84 bits per heavy atom. The third kappa shape index (κ3) is 3.45. The van der Waals surface area contributed by atoms with E-state index in [0.29, 0.717) is 5.92 Å². The van der Waals surface area contributed by atoms with Crippen molar-refractivity contribution >= 4 is 5.69 Å². The summed E-state index contributed by atoms with van der Waals surface area (Å²) in [6.45, 7) is 5.20. The highest BCUT2D eigenvalue weighted by Gasteiger charge is 2.22. The molecule has 1 aromatic carbocycles. The second-order valence-corrected chi connectivity index (χ2v) is 5.79. The van der Waals surface area contributed by atoms with Crippen molar-refractivity contribution in [2.24, 2.45) is 11.7 Å². The fourth-order valence-corrected chi connectivity index (χ4v) is 2.90. The largest absolute Gasteiger partial charge is 0.374 e. The number of likely N-dealkylation sites (tertiary alicyclic amines) is 1. The van der Waals surface area contributed by atoms with Crippen LogP contribution in [0, 0.1) is 11.7 Å². The molecule has 1 aromatic rings. The van der Waals surface area contributed by atoms with Gasteiger partial charge in [-0.3, -0.25) is 0 Å². The van der Waals surface area contributed by atoms with Crippen molar-refractivity contribution in [2.45, 2.75) is 19.4 Å². The lowest BCUT2D eigenvalue weighted by Gasteiger charge is -2.26. The summed E-state index contributed by atoms with van der Waals surface area (Å²) in [5.74, 6) is 0.464. The van der Waals surface area contributed by atoms with E-state index in [1.165, 1.54) is 19.0 Å². The van der Waals surface area contributed by atoms with E-state index in [4.69, 9.17) is 5.73 Å². The van der Waals surface area contributed by atoms with E-state index in [1.54, 1.807) is 6.07 Å². The van der Waals surface area contributed by atoms with E-state index in [1.807, 2.05) is 13.0 Å². The van der Waals surface area contributed by atoms with Crippen molar-refractivity contribution < 1.29 is 4.39 Å². The van der Waals surface area contributed by atoms with Crippen molar-refractivity contribution in [3.8, 4) is 0 Å². The molecule has 0 saturated carbocycles. The first-order valence-electron chi connectivity index (χ1n) is 6.92. The molecule has 0 spiro atoms. The predicted molar refractivity (Wildman–Crippen MR) is 77.9 cm³/mol. The fraction of sp³-hybridized carbons (Fsp3) is 0.600. The third-order valence-corrected chi connectivity index (χ3v) is 3.91. The third-order valence-electron chi connectivity index (χ3n) is 3.91. The second-order valence-electron chi connectivity index (χ2n) is 5.79. The van der Waals surface area contributed by atoms with Crippen LogP contribution in [0.15, 0.2) is 18.2 Å². The SMILES string of the molecule is C[C@@H](N)c1cc(F)ccc1N(C)CC1CCN(C)C1. The van der Waals surface area contributed by atoms with Gasteiger partial charge in [0.05, 0.1) is 0 Å². The first kappa shape index (κ1) is 14.3. The molecule has 1 aliphatic heterocycles. The number of benzene rings is 1. The van der Waals surface area contributed by atoms with E-state index < -0.39 is 0 Å². The summed E-state index contributed by atoms with van der Waals surface area (Å²) in [5.41, 5.74) is 7.88. The van der Waals surface area contributed by atoms with Gasteiger partial charge in [-0.15, -0.1) is 0 Å². The molecular formula is C15H24FN3. The molecule has 2 N–H and O–H groups in total. The Balaban J connectivity index is 2.12. The Kier molecular flexibility index (Phi) is 4.42. The fourth-order valence-electron chi connectivity index (χ4n) is 2.90. The smallest absolute Gasteiger partial charge is 0.123 e. The average Bonchev–Trinajstić information content (AvgIpc) is 2.74. The standard InChI is InChI=1S/C15H24FN3/c1-11(17)14-8-13(16)4-5-15(14)19(3)10-12-6-7-18(2)9-12/h4-5,8,11-12H,6-7,9-10,17H2,1-3H3/t11-,12?/m1/s1. The lowest BCUT2D eigenvalue weighted by Crippen LogP contribution is -2.28. The van der Waals surface area contributed by atoms with Gasteiger partial charge in [-0.05, 0) is 56.6 Å². The summed E-state index contributed by atoms with van der Waals surface area (Å²) in [7, 11) is 4.22. The maximum Gasteiger partial charge on any atom is 0.123 e. The van der Waals surface area contributed by atoms with E-state index in [0.717, 1.165) is 24.3 Å². The van der Waals surface area contributed by atoms with Crippen LogP contribution in [0.5, 0.6) is 0 Å². The van der Waals surface area contributed by atoms with E-state index in [2.05, 4.69) is 23.9 Å². The minimum Gasteiger partial charge on any atom is -0.374 e. The minimum absolute atomic E-state index is 0.153. The molecule has 3 nitrogen and oxygen atoms in total. The van der Waals surface area contributed by atoms with Crippen molar-refractivity contribution in [1.82, 2.24) is 4.90 Å². The van der Waals surface area contributed by atoms with Crippen LogP contribution >= 0.6 is 0 Å². The molecule has 0 amide bonds. The molecular weight excluding hydrogens is 241 g/mol. The van der Waals surface area contributed by atoms with Crippen LogP contribution in [0.4, 0.5) is 10.1 Å². The Morgan fingerprint density at radius 1 is 1.53 bits per heavy atom. The Hall–Kier alpha value is -1.13. The second kappa shape index (κ2) is 5.88. The molecule has 106 valence electrons. The van der Waals surface area contributed by atoms with Crippen molar-refractivity contribution in [3.05, 3.63) is 29.6 Å². The lowest BCUT2D eigenvalue weighted by atomic mass is 10.0. The molecule has 1 fully saturated rings. The summed E-state index contributed by atoms with van der Waals surface area (Å²) >= 11 is 0. The summed E-state index contributed by atoms with van der Waals surface area (Å²) in [6.07, 6.45) is 1.23. The summed E-state index contributed by atoms with van der Waals surface area (Å²) in [6, 6.07) is 4.75. The highest BCUT2D eigenvalue weighted by molar-refractivity contribution is 5.54. The van der Waals surface area contributed by atoms with Gasteiger partial charge >= 0.3 is 0 Å². The van der Waals surface area contributed by atoms with Crippen molar-refractivity contribution in [1.29, 1.82) is 0 Å². The van der Waals surface area contributed by atoms with Gasteiger partial charge in [-0.2, -0.15) is 0 Å². The normalized spacial score (nSPS) is 21.6. The van der Waals surface area contributed by atoms with Crippen LogP contribution < -0.4 is 10.6 Å². The predicted octanol–water partition coefficient (Wildman–Crippen LogP) is 2.23. The van der Waals surface area contributed by atoms with Gasteiger partial charge in [0, 0.05) is 31.9 Å². The zero-order valence-corrected chi connectivity index (χ0v) is 12.1. The number of nitrogens with two attached hydrogens (primary N) is 1. The summed E-state index contributed by atoms with van der Waals surface area (Å²) in [4.78, 5) is 4.57. The van der Waals surface area contributed by atoms with Gasteiger partial charge in [0.25, 0.3) is 0 Å². The summed E-state index contributed by atoms with van der Waals surface area (Å²) < 4.78 is 13.3. The molecule has 0 radical (unpaired) electrons. The van der Waals surface area contributed by atoms with Crippen molar-refractivity contribution in [3.63, 3.8) is 0 Å².